The summed E-state index contributed by atoms with van der Waals surface area (Å²) in [4.78, 5) is 43.1. The predicted octanol–water partition coefficient (Wildman–Crippen LogP) is 13.3. The van der Waals surface area contributed by atoms with Gasteiger partial charge < -0.3 is 14.4 Å². The van der Waals surface area contributed by atoms with E-state index < -0.39 is 5.41 Å². The lowest BCUT2D eigenvalue weighted by Gasteiger charge is -2.27. The molecule has 2 aliphatic rings. The maximum absolute atomic E-state index is 13.4. The Hall–Kier alpha value is -1.57. The molecule has 2 saturated heterocycles. The van der Waals surface area contributed by atoms with Crippen LogP contribution in [-0.2, 0) is 23.9 Å². The first-order valence-electron chi connectivity index (χ1n) is 25.3. The monoisotopic (exact) mass is 829 g/mol. The van der Waals surface area contributed by atoms with Crippen LogP contribution in [0.5, 0.6) is 0 Å². The van der Waals surface area contributed by atoms with Crippen molar-refractivity contribution in [1.29, 1.82) is 0 Å². The molecule has 7 heteroatoms. The smallest absolute Gasteiger partial charge is 0.311 e. The fourth-order valence-corrected chi connectivity index (χ4v) is 8.95. The van der Waals surface area contributed by atoms with Crippen LogP contribution < -0.4 is 0 Å². The van der Waals surface area contributed by atoms with Crippen LogP contribution in [0.2, 0.25) is 0 Å². The number of carbonyl (C=O) groups is 3. The van der Waals surface area contributed by atoms with Crippen LogP contribution in [0.3, 0.4) is 0 Å². The molecule has 7 nitrogen and oxygen atoms in total. The Morgan fingerprint density at radius 3 is 1.83 bits per heavy atom. The minimum Gasteiger partial charge on any atom is -0.462 e. The van der Waals surface area contributed by atoms with Crippen molar-refractivity contribution in [3.05, 3.63) is 12.2 Å². The van der Waals surface area contributed by atoms with Crippen molar-refractivity contribution < 1.29 is 23.9 Å². The molecule has 2 fully saturated rings. The van der Waals surface area contributed by atoms with Gasteiger partial charge in [-0.2, -0.15) is 0 Å². The molecular weight excluding hydrogens is 733 g/mol. The number of carbonyl (C=O) groups excluding carboxylic acids is 3. The van der Waals surface area contributed by atoms with Gasteiger partial charge in [-0.3, -0.25) is 19.3 Å². The average Bonchev–Trinajstić information content (AvgIpc) is 3.88. The normalized spacial score (nSPS) is 18.2. The summed E-state index contributed by atoms with van der Waals surface area (Å²) in [5.41, 5.74) is -0.659. The minimum absolute atomic E-state index is 0.000409. The van der Waals surface area contributed by atoms with E-state index in [0.29, 0.717) is 18.4 Å². The van der Waals surface area contributed by atoms with E-state index in [1.165, 1.54) is 96.3 Å². The molecule has 0 N–H and O–H groups in total. The van der Waals surface area contributed by atoms with Crippen molar-refractivity contribution >= 4 is 17.5 Å². The summed E-state index contributed by atoms with van der Waals surface area (Å²) >= 11 is 0. The molecule has 2 heterocycles. The van der Waals surface area contributed by atoms with Gasteiger partial charge in [0.2, 0.25) is 0 Å². The van der Waals surface area contributed by atoms with E-state index in [1.54, 1.807) is 6.92 Å². The van der Waals surface area contributed by atoms with Gasteiger partial charge in [0.05, 0.1) is 12.0 Å². The second-order valence-electron chi connectivity index (χ2n) is 20.1. The second-order valence-corrected chi connectivity index (χ2v) is 20.1. The molecule has 0 aliphatic carbocycles. The van der Waals surface area contributed by atoms with Gasteiger partial charge in [0, 0.05) is 37.6 Å². The van der Waals surface area contributed by atoms with Crippen LogP contribution in [0.15, 0.2) is 12.2 Å². The molecule has 0 amide bonds. The first-order valence-corrected chi connectivity index (χ1v) is 25.3. The highest BCUT2D eigenvalue weighted by molar-refractivity contribution is 5.89. The fraction of sp³-hybridized carbons (Fsp3) is 0.904. The standard InChI is InChI=1S/C52H96N2O5/c1-8-10-12-14-16-22-30-49(31-23-17-15-13-11-9-2)59-50(57)52(6,7)36-25-19-21-29-41-58-44-47-42-46(32-33-48(56)34-40-53-37-27-28-38-53)43-54(47)39-26-20-18-24-35-51(4,5)45(3)55/h32-33,46-47,49H,8-31,34-44H2,1-7H3/b33-32-/t46-,47-/m0/s1. The summed E-state index contributed by atoms with van der Waals surface area (Å²) in [5, 5.41) is 0. The zero-order chi connectivity index (χ0) is 43.2. The van der Waals surface area contributed by atoms with Gasteiger partial charge in [-0.1, -0.05) is 137 Å². The lowest BCUT2D eigenvalue weighted by atomic mass is 9.83. The number of hydrogen-bond donors (Lipinski definition) is 0. The third kappa shape index (κ3) is 25.2. The molecule has 2 rings (SSSR count). The highest BCUT2D eigenvalue weighted by atomic mass is 16.5. The van der Waals surface area contributed by atoms with Gasteiger partial charge >= 0.3 is 5.97 Å². The Morgan fingerprint density at radius 2 is 1.22 bits per heavy atom. The van der Waals surface area contributed by atoms with E-state index in [1.807, 2.05) is 6.08 Å². The van der Waals surface area contributed by atoms with Gasteiger partial charge in [0.25, 0.3) is 0 Å². The molecule has 0 aromatic carbocycles. The van der Waals surface area contributed by atoms with E-state index in [-0.39, 0.29) is 29.1 Å². The second kappa shape index (κ2) is 32.2. The summed E-state index contributed by atoms with van der Waals surface area (Å²) in [5.74, 6) is 0.939. The van der Waals surface area contributed by atoms with Crippen molar-refractivity contribution in [3.63, 3.8) is 0 Å². The first kappa shape index (κ1) is 53.6. The van der Waals surface area contributed by atoms with Gasteiger partial charge in [0.15, 0.2) is 5.78 Å². The molecule has 0 aromatic heterocycles. The molecule has 344 valence electrons. The van der Waals surface area contributed by atoms with Gasteiger partial charge in [-0.25, -0.2) is 0 Å². The van der Waals surface area contributed by atoms with Crippen LogP contribution >= 0.6 is 0 Å². The number of likely N-dealkylation sites (tertiary alicyclic amines) is 2. The predicted molar refractivity (Wildman–Crippen MR) is 249 cm³/mol. The number of esters is 1. The third-order valence-electron chi connectivity index (χ3n) is 13.7. The Balaban J connectivity index is 1.74. The first-order chi connectivity index (χ1) is 28.4. The van der Waals surface area contributed by atoms with Crippen LogP contribution in [0.1, 0.15) is 228 Å². The van der Waals surface area contributed by atoms with Gasteiger partial charge in [-0.05, 0) is 123 Å². The van der Waals surface area contributed by atoms with E-state index in [0.717, 1.165) is 123 Å². The summed E-state index contributed by atoms with van der Waals surface area (Å²) in [6.45, 7) is 21.3. The Morgan fingerprint density at radius 1 is 0.678 bits per heavy atom. The maximum Gasteiger partial charge on any atom is 0.311 e. The van der Waals surface area contributed by atoms with Crippen molar-refractivity contribution in [2.24, 2.45) is 16.7 Å². The Labute approximate surface area is 365 Å². The van der Waals surface area contributed by atoms with Crippen molar-refractivity contribution in [2.75, 3.05) is 45.9 Å². The summed E-state index contributed by atoms with van der Waals surface area (Å²) in [6.07, 6.45) is 36.4. The molecule has 59 heavy (non-hydrogen) atoms. The van der Waals surface area contributed by atoms with Crippen molar-refractivity contribution in [2.45, 2.75) is 240 Å². The Bertz CT molecular complexity index is 1110. The highest BCUT2D eigenvalue weighted by Gasteiger charge is 2.32. The topological polar surface area (TPSA) is 76.2 Å². The average molecular weight is 829 g/mol. The number of ether oxygens (including phenoxy) is 2. The van der Waals surface area contributed by atoms with Crippen LogP contribution in [-0.4, -0.2) is 85.4 Å². The molecule has 0 spiro atoms. The van der Waals surface area contributed by atoms with Crippen LogP contribution in [0.4, 0.5) is 0 Å². The maximum atomic E-state index is 13.4. The third-order valence-corrected chi connectivity index (χ3v) is 13.7. The molecule has 0 radical (unpaired) electrons. The largest absolute Gasteiger partial charge is 0.462 e. The number of allylic oxidation sites excluding steroid dienone is 1. The molecule has 0 bridgehead atoms. The quantitative estimate of drug-likeness (QED) is 0.0348. The van der Waals surface area contributed by atoms with E-state index >= 15 is 0 Å². The number of unbranched alkanes of at least 4 members (excludes halogenated alkanes) is 16. The van der Waals surface area contributed by atoms with Crippen molar-refractivity contribution in [1.82, 2.24) is 9.80 Å². The number of nitrogens with zero attached hydrogens (tertiary/aromatic N) is 2. The summed E-state index contributed by atoms with van der Waals surface area (Å²) in [7, 11) is 0. The minimum atomic E-state index is -0.447. The fourth-order valence-electron chi connectivity index (χ4n) is 8.95. The Kier molecular flexibility index (Phi) is 29.2. The lowest BCUT2D eigenvalue weighted by molar-refractivity contribution is -0.161. The number of hydrogen-bond acceptors (Lipinski definition) is 7. The highest BCUT2D eigenvalue weighted by Crippen LogP contribution is 2.30. The summed E-state index contributed by atoms with van der Waals surface area (Å²) in [6, 6.07) is 0.388. The molecule has 2 aliphatic heterocycles. The summed E-state index contributed by atoms with van der Waals surface area (Å²) < 4.78 is 12.6. The van der Waals surface area contributed by atoms with Gasteiger partial charge in [0.1, 0.15) is 11.9 Å². The number of Topliss-reactive ketones (excluding diaryl/α,β-unsaturated/α-hetero) is 1. The molecule has 0 saturated carbocycles. The molecular formula is C52H96N2O5. The van der Waals surface area contributed by atoms with Crippen LogP contribution in [0, 0.1) is 16.7 Å². The zero-order valence-electron chi connectivity index (χ0n) is 40.1. The van der Waals surface area contributed by atoms with Gasteiger partial charge in [-0.15, -0.1) is 0 Å². The molecule has 2 atom stereocenters. The van der Waals surface area contributed by atoms with E-state index in [4.69, 9.17) is 9.47 Å². The zero-order valence-corrected chi connectivity index (χ0v) is 40.1. The van der Waals surface area contributed by atoms with E-state index in [9.17, 15) is 14.4 Å². The number of ketones is 2. The van der Waals surface area contributed by atoms with Crippen molar-refractivity contribution in [3.8, 4) is 0 Å². The van der Waals surface area contributed by atoms with Crippen LogP contribution in [0.25, 0.3) is 0 Å². The molecule has 0 unspecified atom stereocenters. The molecule has 0 aromatic rings. The number of rotatable bonds is 38. The lowest BCUT2D eigenvalue weighted by Crippen LogP contribution is -2.34. The SMILES string of the molecule is CCCCCCCCC(CCCCCCCC)OC(=O)C(C)(C)CCCCCCOC[C@@H]1C[C@H](/C=C\C(=O)CCN2CCCC2)CN1CCCCCCC(C)(C)C(C)=O. The van der Waals surface area contributed by atoms with E-state index in [2.05, 4.69) is 57.4 Å².